The molecule has 1 aromatic rings. The van der Waals surface area contributed by atoms with Crippen LogP contribution in [0.2, 0.25) is 0 Å². The van der Waals surface area contributed by atoms with E-state index >= 15 is 0 Å². The lowest BCUT2D eigenvalue weighted by Gasteiger charge is -2.06. The van der Waals surface area contributed by atoms with Crippen molar-refractivity contribution in [3.05, 3.63) is 23.7 Å². The Labute approximate surface area is 84.0 Å². The molecule has 1 aromatic heterocycles. The maximum Gasteiger partial charge on any atom is 0.147 e. The summed E-state index contributed by atoms with van der Waals surface area (Å²) in [5, 5.41) is 0. The topological polar surface area (TPSA) is 73.3 Å². The first kappa shape index (κ1) is 11.3. The third-order valence-corrected chi connectivity index (χ3v) is 2.90. The molecule has 0 radical (unpaired) electrons. The summed E-state index contributed by atoms with van der Waals surface area (Å²) in [6.07, 6.45) is 1.60. The van der Waals surface area contributed by atoms with E-state index in [1.54, 1.807) is 6.07 Å². The summed E-state index contributed by atoms with van der Waals surface area (Å²) in [6.45, 7) is 1.83. The molecule has 0 saturated carbocycles. The Hall–Kier alpha value is -0.810. The highest BCUT2D eigenvalue weighted by atomic mass is 32.2. The van der Waals surface area contributed by atoms with Gasteiger partial charge in [0, 0.05) is 6.26 Å². The van der Waals surface area contributed by atoms with Gasteiger partial charge in [-0.3, -0.25) is 0 Å². The van der Waals surface area contributed by atoms with Crippen LogP contribution in [0.15, 0.2) is 16.5 Å². The maximum atomic E-state index is 10.9. The third kappa shape index (κ3) is 3.51. The van der Waals surface area contributed by atoms with Crippen LogP contribution in [0.3, 0.4) is 0 Å². The minimum absolute atomic E-state index is 0.0912. The second-order valence-corrected chi connectivity index (χ2v) is 5.73. The second-order valence-electron chi connectivity index (χ2n) is 3.47. The Morgan fingerprint density at radius 3 is 2.57 bits per heavy atom. The monoisotopic (exact) mass is 217 g/mol. The summed E-state index contributed by atoms with van der Waals surface area (Å²) >= 11 is 0. The van der Waals surface area contributed by atoms with E-state index in [1.807, 2.05) is 13.0 Å². The Morgan fingerprint density at radius 1 is 1.50 bits per heavy atom. The van der Waals surface area contributed by atoms with E-state index in [4.69, 9.17) is 10.2 Å². The van der Waals surface area contributed by atoms with Crippen LogP contribution in [0.25, 0.3) is 0 Å². The van der Waals surface area contributed by atoms with Gasteiger partial charge < -0.3 is 10.2 Å². The Bertz CT molecular complexity index is 394. The summed E-state index contributed by atoms with van der Waals surface area (Å²) in [4.78, 5) is 0. The fraction of sp³-hybridized carbons (Fsp3) is 0.556. The lowest BCUT2D eigenvalue weighted by atomic mass is 10.2. The number of hydrogen-bond acceptors (Lipinski definition) is 4. The largest absolute Gasteiger partial charge is 0.465 e. The summed E-state index contributed by atoms with van der Waals surface area (Å²) in [5.41, 5.74) is 5.76. The summed E-state index contributed by atoms with van der Waals surface area (Å²) < 4.78 is 27.1. The van der Waals surface area contributed by atoms with Gasteiger partial charge in [-0.2, -0.15) is 0 Å². The van der Waals surface area contributed by atoms with Crippen LogP contribution in [-0.2, 0) is 9.84 Å². The highest BCUT2D eigenvalue weighted by molar-refractivity contribution is 7.90. The molecule has 5 heteroatoms. The van der Waals surface area contributed by atoms with Crippen LogP contribution >= 0.6 is 0 Å². The van der Waals surface area contributed by atoms with E-state index in [-0.39, 0.29) is 11.8 Å². The number of hydrogen-bond donors (Lipinski definition) is 1. The van der Waals surface area contributed by atoms with Crippen molar-refractivity contribution in [1.29, 1.82) is 0 Å². The molecule has 0 aliphatic rings. The fourth-order valence-corrected chi connectivity index (χ4v) is 1.82. The lowest BCUT2D eigenvalue weighted by Crippen LogP contribution is -2.14. The van der Waals surface area contributed by atoms with Gasteiger partial charge in [0.1, 0.15) is 21.4 Å². The fourth-order valence-electron chi connectivity index (χ4n) is 1.14. The first-order chi connectivity index (χ1) is 6.38. The van der Waals surface area contributed by atoms with Gasteiger partial charge in [-0.1, -0.05) is 0 Å². The Morgan fingerprint density at radius 2 is 2.14 bits per heavy atom. The first-order valence-corrected chi connectivity index (χ1v) is 6.44. The van der Waals surface area contributed by atoms with Crippen molar-refractivity contribution >= 4 is 9.84 Å². The normalized spacial score (nSPS) is 14.2. The molecule has 1 rings (SSSR count). The molecule has 0 fully saturated rings. The van der Waals surface area contributed by atoms with Crippen LogP contribution in [0.4, 0.5) is 0 Å². The van der Waals surface area contributed by atoms with Gasteiger partial charge in [0.15, 0.2) is 0 Å². The van der Waals surface area contributed by atoms with Crippen molar-refractivity contribution in [2.45, 2.75) is 19.4 Å². The van der Waals surface area contributed by atoms with E-state index in [9.17, 15) is 8.42 Å². The molecule has 80 valence electrons. The standard InChI is InChI=1S/C9H15NO3S/c1-7-3-4-9(13-7)8(10)5-6-14(2,11)12/h3-4,8H,5-6,10H2,1-2H3. The molecule has 1 heterocycles. The van der Waals surface area contributed by atoms with E-state index in [1.165, 1.54) is 6.26 Å². The van der Waals surface area contributed by atoms with Crippen molar-refractivity contribution in [3.63, 3.8) is 0 Å². The zero-order valence-corrected chi connectivity index (χ0v) is 9.17. The second kappa shape index (κ2) is 4.14. The Balaban J connectivity index is 2.55. The minimum atomic E-state index is -2.94. The van der Waals surface area contributed by atoms with Crippen LogP contribution in [0.5, 0.6) is 0 Å². The van der Waals surface area contributed by atoms with E-state index < -0.39 is 9.84 Å². The smallest absolute Gasteiger partial charge is 0.147 e. The number of rotatable bonds is 4. The molecule has 14 heavy (non-hydrogen) atoms. The number of aryl methyl sites for hydroxylation is 1. The molecule has 0 aromatic carbocycles. The molecule has 4 nitrogen and oxygen atoms in total. The predicted molar refractivity (Wildman–Crippen MR) is 54.7 cm³/mol. The maximum absolute atomic E-state index is 10.9. The molecule has 0 aliphatic heterocycles. The first-order valence-electron chi connectivity index (χ1n) is 4.38. The Kier molecular flexibility index (Phi) is 3.34. The summed E-state index contributed by atoms with van der Waals surface area (Å²) in [6, 6.07) is 3.26. The zero-order valence-electron chi connectivity index (χ0n) is 8.36. The molecule has 0 aliphatic carbocycles. The van der Waals surface area contributed by atoms with Gasteiger partial charge in [-0.05, 0) is 25.5 Å². The minimum Gasteiger partial charge on any atom is -0.465 e. The van der Waals surface area contributed by atoms with Gasteiger partial charge in [-0.25, -0.2) is 8.42 Å². The van der Waals surface area contributed by atoms with E-state index in [2.05, 4.69) is 0 Å². The number of nitrogens with two attached hydrogens (primary N) is 1. The van der Waals surface area contributed by atoms with Gasteiger partial charge in [0.2, 0.25) is 0 Å². The predicted octanol–water partition coefficient (Wildman–Crippen LogP) is 1.02. The molecule has 0 spiro atoms. The zero-order chi connectivity index (χ0) is 10.8. The van der Waals surface area contributed by atoms with Crippen molar-refractivity contribution < 1.29 is 12.8 Å². The summed E-state index contributed by atoms with van der Waals surface area (Å²) in [5.74, 6) is 1.52. The average Bonchev–Trinajstić information content (AvgIpc) is 2.46. The molecule has 1 unspecified atom stereocenters. The van der Waals surface area contributed by atoms with Gasteiger partial charge in [0.05, 0.1) is 11.8 Å². The number of sulfone groups is 1. The highest BCUT2D eigenvalue weighted by Crippen LogP contribution is 2.17. The van der Waals surface area contributed by atoms with Crippen LogP contribution in [-0.4, -0.2) is 20.4 Å². The highest BCUT2D eigenvalue weighted by Gasteiger charge is 2.12. The number of furan rings is 1. The van der Waals surface area contributed by atoms with E-state index in [0.29, 0.717) is 12.2 Å². The van der Waals surface area contributed by atoms with Gasteiger partial charge >= 0.3 is 0 Å². The quantitative estimate of drug-likeness (QED) is 0.817. The van der Waals surface area contributed by atoms with Crippen LogP contribution in [0.1, 0.15) is 24.0 Å². The van der Waals surface area contributed by atoms with Crippen LogP contribution in [0, 0.1) is 6.92 Å². The summed E-state index contributed by atoms with van der Waals surface area (Å²) in [7, 11) is -2.94. The molecule has 0 bridgehead atoms. The SMILES string of the molecule is Cc1ccc(C(N)CCS(C)(=O)=O)o1. The average molecular weight is 217 g/mol. The molecule has 0 amide bonds. The van der Waals surface area contributed by atoms with Crippen molar-refractivity contribution in [2.24, 2.45) is 5.73 Å². The molecule has 0 saturated heterocycles. The molecule has 2 N–H and O–H groups in total. The van der Waals surface area contributed by atoms with Crippen molar-refractivity contribution in [2.75, 3.05) is 12.0 Å². The van der Waals surface area contributed by atoms with Crippen molar-refractivity contribution in [3.8, 4) is 0 Å². The molecule has 1 atom stereocenters. The van der Waals surface area contributed by atoms with Gasteiger partial charge in [0.25, 0.3) is 0 Å². The van der Waals surface area contributed by atoms with E-state index in [0.717, 1.165) is 5.76 Å². The third-order valence-electron chi connectivity index (χ3n) is 1.93. The van der Waals surface area contributed by atoms with Crippen LogP contribution < -0.4 is 5.73 Å². The van der Waals surface area contributed by atoms with Crippen molar-refractivity contribution in [1.82, 2.24) is 0 Å². The van der Waals surface area contributed by atoms with Gasteiger partial charge in [-0.15, -0.1) is 0 Å². The molecular weight excluding hydrogens is 202 g/mol. The lowest BCUT2D eigenvalue weighted by molar-refractivity contribution is 0.441. The molecular formula is C9H15NO3S.